The Kier molecular flexibility index (Phi) is 2.59. The summed E-state index contributed by atoms with van der Waals surface area (Å²) < 4.78 is 14.0. The van der Waals surface area contributed by atoms with Crippen LogP contribution in [0.2, 0.25) is 0 Å². The van der Waals surface area contributed by atoms with Gasteiger partial charge in [-0.3, -0.25) is 0 Å². The molecule has 2 rings (SSSR count). The highest BCUT2D eigenvalue weighted by atomic mass is 19.1. The normalized spacial score (nSPS) is 30.0. The van der Waals surface area contributed by atoms with E-state index in [0.29, 0.717) is 11.8 Å². The molecule has 0 aromatic rings. The number of hydrogen-bond donors (Lipinski definition) is 1. The Labute approximate surface area is 80.1 Å². The highest BCUT2D eigenvalue weighted by Gasteiger charge is 2.43. The molecule has 2 heteroatoms. The highest BCUT2D eigenvalue weighted by molar-refractivity contribution is 4.93. The maximum absolute atomic E-state index is 14.0. The lowest BCUT2D eigenvalue weighted by Crippen LogP contribution is -2.33. The summed E-state index contributed by atoms with van der Waals surface area (Å²) in [5.74, 6) is 1.03. The Bertz CT molecular complexity index is 169. The van der Waals surface area contributed by atoms with Crippen molar-refractivity contribution in [2.45, 2.75) is 44.7 Å². The molecule has 0 amide bonds. The maximum Gasteiger partial charge on any atom is 0.111 e. The molecule has 1 unspecified atom stereocenters. The molecule has 0 aromatic carbocycles. The summed E-state index contributed by atoms with van der Waals surface area (Å²) in [6.45, 7) is 3.99. The van der Waals surface area contributed by atoms with Gasteiger partial charge in [0, 0.05) is 0 Å². The number of halogens is 1. The lowest BCUT2D eigenvalue weighted by atomic mass is 9.84. The molecule has 0 aromatic heterocycles. The van der Waals surface area contributed by atoms with E-state index in [1.165, 1.54) is 12.8 Å². The Hall–Kier alpha value is -0.110. The van der Waals surface area contributed by atoms with E-state index in [-0.39, 0.29) is 0 Å². The van der Waals surface area contributed by atoms with E-state index < -0.39 is 5.67 Å². The monoisotopic (exact) mass is 185 g/mol. The molecule has 1 aliphatic carbocycles. The van der Waals surface area contributed by atoms with Gasteiger partial charge in [0.25, 0.3) is 0 Å². The first-order chi connectivity index (χ1) is 6.18. The van der Waals surface area contributed by atoms with Gasteiger partial charge in [-0.25, -0.2) is 4.39 Å². The van der Waals surface area contributed by atoms with Crippen molar-refractivity contribution in [1.29, 1.82) is 0 Å². The molecule has 1 aliphatic heterocycles. The minimum absolute atomic E-state index is 0.391. The molecule has 1 N–H and O–H groups in total. The Balaban J connectivity index is 1.80. The lowest BCUT2D eigenvalue weighted by Gasteiger charge is -2.29. The van der Waals surface area contributed by atoms with E-state index in [0.717, 1.165) is 32.4 Å². The summed E-state index contributed by atoms with van der Waals surface area (Å²) >= 11 is 0. The molecule has 2 aliphatic rings. The third-order valence-corrected chi connectivity index (χ3v) is 3.58. The molecule has 0 spiro atoms. The van der Waals surface area contributed by atoms with Gasteiger partial charge in [-0.15, -0.1) is 0 Å². The van der Waals surface area contributed by atoms with Crippen LogP contribution in [0.3, 0.4) is 0 Å². The minimum Gasteiger partial charge on any atom is -0.317 e. The van der Waals surface area contributed by atoms with Gasteiger partial charge >= 0.3 is 0 Å². The van der Waals surface area contributed by atoms with Crippen molar-refractivity contribution in [3.63, 3.8) is 0 Å². The van der Waals surface area contributed by atoms with E-state index in [9.17, 15) is 4.39 Å². The van der Waals surface area contributed by atoms with Crippen molar-refractivity contribution < 1.29 is 4.39 Å². The Morgan fingerprint density at radius 2 is 1.85 bits per heavy atom. The Morgan fingerprint density at radius 1 is 1.23 bits per heavy atom. The van der Waals surface area contributed by atoms with Crippen LogP contribution < -0.4 is 5.32 Å². The van der Waals surface area contributed by atoms with Crippen LogP contribution >= 0.6 is 0 Å². The predicted molar refractivity (Wildman–Crippen MR) is 52.4 cm³/mol. The van der Waals surface area contributed by atoms with Gasteiger partial charge in [0.2, 0.25) is 0 Å². The van der Waals surface area contributed by atoms with E-state index in [1.807, 2.05) is 6.92 Å². The van der Waals surface area contributed by atoms with Crippen LogP contribution in [0.15, 0.2) is 0 Å². The molecule has 2 fully saturated rings. The molecule has 1 nitrogen and oxygen atoms in total. The smallest absolute Gasteiger partial charge is 0.111 e. The van der Waals surface area contributed by atoms with E-state index >= 15 is 0 Å². The van der Waals surface area contributed by atoms with Crippen LogP contribution in [-0.2, 0) is 0 Å². The van der Waals surface area contributed by atoms with Gasteiger partial charge in [-0.1, -0.05) is 0 Å². The second-order valence-electron chi connectivity index (χ2n) is 4.95. The number of rotatable bonds is 3. The van der Waals surface area contributed by atoms with Gasteiger partial charge in [-0.2, -0.15) is 0 Å². The molecule has 1 atom stereocenters. The second kappa shape index (κ2) is 3.56. The van der Waals surface area contributed by atoms with Crippen molar-refractivity contribution in [3.05, 3.63) is 0 Å². The lowest BCUT2D eigenvalue weighted by molar-refractivity contribution is 0.107. The fourth-order valence-electron chi connectivity index (χ4n) is 2.50. The molecule has 1 saturated carbocycles. The van der Waals surface area contributed by atoms with Crippen molar-refractivity contribution in [3.8, 4) is 0 Å². The Morgan fingerprint density at radius 3 is 2.38 bits per heavy atom. The highest BCUT2D eigenvalue weighted by Crippen LogP contribution is 2.46. The largest absolute Gasteiger partial charge is 0.317 e. The minimum atomic E-state index is -0.859. The third-order valence-electron chi connectivity index (χ3n) is 3.58. The standard InChI is InChI=1S/C11H20FN/c1-11(12,10-2-3-10)8-9-4-6-13-7-5-9/h9-10,13H,2-8H2,1H3. The first kappa shape index (κ1) is 9.45. The molecular formula is C11H20FN. The summed E-state index contributed by atoms with van der Waals surface area (Å²) in [5.41, 5.74) is -0.859. The quantitative estimate of drug-likeness (QED) is 0.712. The van der Waals surface area contributed by atoms with Gasteiger partial charge in [-0.05, 0) is 64.0 Å². The van der Waals surface area contributed by atoms with E-state index in [1.54, 1.807) is 0 Å². The summed E-state index contributed by atoms with van der Waals surface area (Å²) in [7, 11) is 0. The zero-order valence-corrected chi connectivity index (χ0v) is 8.48. The molecule has 1 heterocycles. The topological polar surface area (TPSA) is 12.0 Å². The van der Waals surface area contributed by atoms with Crippen LogP contribution in [0.5, 0.6) is 0 Å². The average Bonchev–Trinajstić information content (AvgIpc) is 2.87. The first-order valence-electron chi connectivity index (χ1n) is 5.58. The van der Waals surface area contributed by atoms with E-state index in [2.05, 4.69) is 5.32 Å². The fourth-order valence-corrected chi connectivity index (χ4v) is 2.50. The van der Waals surface area contributed by atoms with Crippen molar-refractivity contribution in [2.24, 2.45) is 11.8 Å². The predicted octanol–water partition coefficient (Wildman–Crippen LogP) is 2.51. The molecular weight excluding hydrogens is 165 g/mol. The van der Waals surface area contributed by atoms with Crippen molar-refractivity contribution in [2.75, 3.05) is 13.1 Å². The van der Waals surface area contributed by atoms with Crippen LogP contribution in [-0.4, -0.2) is 18.8 Å². The van der Waals surface area contributed by atoms with Crippen molar-refractivity contribution in [1.82, 2.24) is 5.32 Å². The summed E-state index contributed by atoms with van der Waals surface area (Å²) in [6, 6.07) is 0. The van der Waals surface area contributed by atoms with Crippen LogP contribution in [0.25, 0.3) is 0 Å². The number of nitrogens with one attached hydrogen (secondary N) is 1. The van der Waals surface area contributed by atoms with Crippen LogP contribution in [0.4, 0.5) is 4.39 Å². The fraction of sp³-hybridized carbons (Fsp3) is 1.00. The summed E-state index contributed by atoms with van der Waals surface area (Å²) in [5, 5.41) is 3.32. The molecule has 1 saturated heterocycles. The van der Waals surface area contributed by atoms with Gasteiger partial charge in [0.1, 0.15) is 5.67 Å². The zero-order valence-electron chi connectivity index (χ0n) is 8.48. The first-order valence-corrected chi connectivity index (χ1v) is 5.58. The average molecular weight is 185 g/mol. The van der Waals surface area contributed by atoms with Crippen LogP contribution in [0.1, 0.15) is 39.0 Å². The van der Waals surface area contributed by atoms with E-state index in [4.69, 9.17) is 0 Å². The summed E-state index contributed by atoms with van der Waals surface area (Å²) in [6.07, 6.45) is 5.40. The van der Waals surface area contributed by atoms with Gasteiger partial charge < -0.3 is 5.32 Å². The number of piperidine rings is 1. The second-order valence-corrected chi connectivity index (χ2v) is 4.95. The van der Waals surface area contributed by atoms with Gasteiger partial charge in [0.05, 0.1) is 0 Å². The molecule has 76 valence electrons. The zero-order chi connectivity index (χ0) is 9.31. The summed E-state index contributed by atoms with van der Waals surface area (Å²) in [4.78, 5) is 0. The third kappa shape index (κ3) is 2.43. The van der Waals surface area contributed by atoms with Crippen molar-refractivity contribution >= 4 is 0 Å². The number of hydrogen-bond acceptors (Lipinski definition) is 1. The van der Waals surface area contributed by atoms with Gasteiger partial charge in [0.15, 0.2) is 0 Å². The number of alkyl halides is 1. The SMILES string of the molecule is CC(F)(CC1CCNCC1)C1CC1. The van der Waals surface area contributed by atoms with Crippen LogP contribution in [0, 0.1) is 11.8 Å². The molecule has 0 radical (unpaired) electrons. The maximum atomic E-state index is 14.0. The molecule has 0 bridgehead atoms. The molecule has 13 heavy (non-hydrogen) atoms.